The molecule has 130 valence electrons. The van der Waals surface area contributed by atoms with Gasteiger partial charge in [-0.15, -0.1) is 11.6 Å². The first-order valence-electron chi connectivity index (χ1n) is 7.08. The molecule has 0 amide bonds. The summed E-state index contributed by atoms with van der Waals surface area (Å²) >= 11 is 5.47. The molecule has 0 bridgehead atoms. The lowest BCUT2D eigenvalue weighted by atomic mass is 10.1. The average molecular weight is 353 g/mol. The molecule has 0 radical (unpaired) electrons. The van der Waals surface area contributed by atoms with Crippen LogP contribution in [0.5, 0.6) is 23.0 Å². The van der Waals surface area contributed by atoms with Crippen LogP contribution < -0.4 is 18.9 Å². The van der Waals surface area contributed by atoms with Gasteiger partial charge in [-0.25, -0.2) is 0 Å². The number of carbonyl (C=O) groups excluding carboxylic acids is 1. The van der Waals surface area contributed by atoms with Gasteiger partial charge in [-0.1, -0.05) is 0 Å². The van der Waals surface area contributed by atoms with Gasteiger partial charge in [0.25, 0.3) is 0 Å². The molecule has 0 saturated heterocycles. The summed E-state index contributed by atoms with van der Waals surface area (Å²) in [4.78, 5) is 11.4. The van der Waals surface area contributed by atoms with Gasteiger partial charge in [0.15, 0.2) is 5.78 Å². The van der Waals surface area contributed by atoms with Gasteiger partial charge in [0.2, 0.25) is 0 Å². The zero-order valence-corrected chi connectivity index (χ0v) is 14.9. The highest BCUT2D eigenvalue weighted by molar-refractivity contribution is 6.30. The number of carbonyl (C=O) groups is 1. The molecule has 0 aliphatic heterocycles. The molecular formula is C18H21ClO5. The number of hydrogen-bond acceptors (Lipinski definition) is 5. The predicted molar refractivity (Wildman–Crippen MR) is 94.1 cm³/mol. The highest BCUT2D eigenvalue weighted by Gasteiger charge is 2.11. The van der Waals surface area contributed by atoms with E-state index in [9.17, 15) is 4.79 Å². The van der Waals surface area contributed by atoms with E-state index in [1.807, 2.05) is 24.3 Å². The van der Waals surface area contributed by atoms with E-state index in [4.69, 9.17) is 30.5 Å². The van der Waals surface area contributed by atoms with E-state index in [1.165, 1.54) is 14.2 Å². The van der Waals surface area contributed by atoms with E-state index in [-0.39, 0.29) is 11.7 Å². The smallest absolute Gasteiger partial charge is 0.181 e. The summed E-state index contributed by atoms with van der Waals surface area (Å²) in [6, 6.07) is 12.5. The summed E-state index contributed by atoms with van der Waals surface area (Å²) in [5.74, 6) is 2.57. The zero-order chi connectivity index (χ0) is 17.9. The Bertz CT molecular complexity index is 617. The van der Waals surface area contributed by atoms with E-state index in [0.29, 0.717) is 17.1 Å². The average Bonchev–Trinajstić information content (AvgIpc) is 2.67. The topological polar surface area (TPSA) is 54.0 Å². The van der Waals surface area contributed by atoms with Crippen molar-refractivity contribution in [3.05, 3.63) is 48.0 Å². The first-order valence-corrected chi connectivity index (χ1v) is 7.62. The quantitative estimate of drug-likeness (QED) is 0.584. The van der Waals surface area contributed by atoms with Gasteiger partial charge < -0.3 is 18.9 Å². The fraction of sp³-hybridized carbons (Fsp3) is 0.278. The molecule has 0 heterocycles. The number of rotatable bonds is 6. The van der Waals surface area contributed by atoms with Crippen molar-refractivity contribution in [1.29, 1.82) is 0 Å². The van der Waals surface area contributed by atoms with Crippen molar-refractivity contribution >= 4 is 17.4 Å². The minimum absolute atomic E-state index is 0.0659. The Hall–Kier alpha value is -2.40. The molecule has 0 N–H and O–H groups in total. The van der Waals surface area contributed by atoms with Crippen LogP contribution >= 0.6 is 11.6 Å². The fourth-order valence-corrected chi connectivity index (χ4v) is 1.96. The van der Waals surface area contributed by atoms with Gasteiger partial charge in [0.05, 0.1) is 39.9 Å². The highest BCUT2D eigenvalue weighted by atomic mass is 35.5. The van der Waals surface area contributed by atoms with Gasteiger partial charge in [-0.2, -0.15) is 0 Å². The number of hydrogen-bond donors (Lipinski definition) is 0. The SMILES string of the molecule is COc1ccc(OC)c(C(=O)CCl)c1.COc1ccc(OC)cc1. The lowest BCUT2D eigenvalue weighted by molar-refractivity contribution is 0.101. The number of halogens is 1. The third kappa shape index (κ3) is 5.66. The van der Waals surface area contributed by atoms with Gasteiger partial charge in [-0.3, -0.25) is 4.79 Å². The molecule has 2 aromatic rings. The Labute approximate surface area is 147 Å². The molecule has 0 atom stereocenters. The van der Waals surface area contributed by atoms with Crippen LogP contribution in [0.1, 0.15) is 10.4 Å². The minimum atomic E-state index is -0.178. The molecule has 24 heavy (non-hydrogen) atoms. The maximum absolute atomic E-state index is 11.4. The van der Waals surface area contributed by atoms with E-state index in [1.54, 1.807) is 32.4 Å². The van der Waals surface area contributed by atoms with Crippen LogP contribution in [0.25, 0.3) is 0 Å². The number of methoxy groups -OCH3 is 4. The van der Waals surface area contributed by atoms with Crippen LogP contribution in [-0.4, -0.2) is 40.1 Å². The summed E-state index contributed by atoms with van der Waals surface area (Å²) in [5.41, 5.74) is 0.446. The Morgan fingerprint density at radius 1 is 0.792 bits per heavy atom. The maximum atomic E-state index is 11.4. The van der Waals surface area contributed by atoms with Crippen molar-refractivity contribution in [3.8, 4) is 23.0 Å². The van der Waals surface area contributed by atoms with Crippen molar-refractivity contribution in [2.24, 2.45) is 0 Å². The van der Waals surface area contributed by atoms with E-state index in [0.717, 1.165) is 11.5 Å². The second kappa shape index (κ2) is 10.4. The standard InChI is InChI=1S/C10H11ClO3.C8H10O2/c1-13-7-3-4-10(14-2)8(5-7)9(12)6-11;1-9-7-3-5-8(10-2)6-4-7/h3-5H,6H2,1-2H3;3-6H,1-2H3. The normalized spacial score (nSPS) is 9.38. The first-order chi connectivity index (χ1) is 11.6. The second-order valence-corrected chi connectivity index (χ2v) is 4.77. The lowest BCUT2D eigenvalue weighted by Crippen LogP contribution is -2.03. The first kappa shape index (κ1) is 19.6. The fourth-order valence-electron chi connectivity index (χ4n) is 1.82. The number of ether oxygens (including phenoxy) is 4. The van der Waals surface area contributed by atoms with Crippen LogP contribution in [-0.2, 0) is 0 Å². The minimum Gasteiger partial charge on any atom is -0.497 e. The molecule has 0 aromatic heterocycles. The number of benzene rings is 2. The van der Waals surface area contributed by atoms with Crippen LogP contribution in [0.2, 0.25) is 0 Å². The monoisotopic (exact) mass is 352 g/mol. The molecule has 0 fully saturated rings. The van der Waals surface area contributed by atoms with E-state index in [2.05, 4.69) is 0 Å². The second-order valence-electron chi connectivity index (χ2n) is 4.50. The molecule has 0 saturated carbocycles. The Balaban J connectivity index is 0.000000254. The Morgan fingerprint density at radius 2 is 1.25 bits per heavy atom. The Morgan fingerprint density at radius 3 is 1.62 bits per heavy atom. The van der Waals surface area contributed by atoms with Gasteiger partial charge in [0, 0.05) is 0 Å². The largest absolute Gasteiger partial charge is 0.497 e. The van der Waals surface area contributed by atoms with Crippen LogP contribution in [0.3, 0.4) is 0 Å². The zero-order valence-electron chi connectivity index (χ0n) is 14.2. The predicted octanol–water partition coefficient (Wildman–Crippen LogP) is 3.83. The molecule has 0 spiro atoms. The molecule has 2 aromatic carbocycles. The van der Waals surface area contributed by atoms with Crippen LogP contribution in [0.4, 0.5) is 0 Å². The molecule has 0 unspecified atom stereocenters. The van der Waals surface area contributed by atoms with Crippen molar-refractivity contribution in [2.75, 3.05) is 34.3 Å². The Kier molecular flexibility index (Phi) is 8.50. The highest BCUT2D eigenvalue weighted by Crippen LogP contribution is 2.24. The summed E-state index contributed by atoms with van der Waals surface area (Å²) in [7, 11) is 6.33. The summed E-state index contributed by atoms with van der Waals surface area (Å²) in [6.45, 7) is 0. The van der Waals surface area contributed by atoms with Gasteiger partial charge in [0.1, 0.15) is 23.0 Å². The molecular weight excluding hydrogens is 332 g/mol. The molecule has 5 nitrogen and oxygen atoms in total. The van der Waals surface area contributed by atoms with E-state index < -0.39 is 0 Å². The third-order valence-electron chi connectivity index (χ3n) is 3.12. The number of alkyl halides is 1. The lowest BCUT2D eigenvalue weighted by Gasteiger charge is -2.07. The van der Waals surface area contributed by atoms with Crippen molar-refractivity contribution in [3.63, 3.8) is 0 Å². The maximum Gasteiger partial charge on any atom is 0.181 e. The summed E-state index contributed by atoms with van der Waals surface area (Å²) < 4.78 is 19.9. The van der Waals surface area contributed by atoms with Crippen LogP contribution in [0.15, 0.2) is 42.5 Å². The summed E-state index contributed by atoms with van der Waals surface area (Å²) in [5, 5.41) is 0. The van der Waals surface area contributed by atoms with Crippen molar-refractivity contribution < 1.29 is 23.7 Å². The number of Topliss-reactive ketones (excluding diaryl/α,β-unsaturated/α-hetero) is 1. The van der Waals surface area contributed by atoms with Gasteiger partial charge >= 0.3 is 0 Å². The van der Waals surface area contributed by atoms with Crippen molar-refractivity contribution in [2.45, 2.75) is 0 Å². The van der Waals surface area contributed by atoms with Crippen molar-refractivity contribution in [1.82, 2.24) is 0 Å². The third-order valence-corrected chi connectivity index (χ3v) is 3.37. The van der Waals surface area contributed by atoms with Crippen LogP contribution in [0, 0.1) is 0 Å². The van der Waals surface area contributed by atoms with Gasteiger partial charge in [-0.05, 0) is 42.5 Å². The molecule has 0 aliphatic rings. The molecule has 0 aliphatic carbocycles. The molecule has 2 rings (SSSR count). The summed E-state index contributed by atoms with van der Waals surface area (Å²) in [6.07, 6.45) is 0. The molecule has 6 heteroatoms. The van der Waals surface area contributed by atoms with E-state index >= 15 is 0 Å². The number of ketones is 1.